The van der Waals surface area contributed by atoms with Crippen LogP contribution < -0.4 is 11.3 Å². The summed E-state index contributed by atoms with van der Waals surface area (Å²) >= 11 is 3.20. The molecule has 0 fully saturated rings. The molecule has 6 heteroatoms. The minimum absolute atomic E-state index is 0.0560. The zero-order valence-electron chi connectivity index (χ0n) is 9.63. The van der Waals surface area contributed by atoms with Gasteiger partial charge in [-0.1, -0.05) is 15.9 Å². The van der Waals surface area contributed by atoms with Gasteiger partial charge in [0.25, 0.3) is 0 Å². The van der Waals surface area contributed by atoms with Gasteiger partial charge in [0.1, 0.15) is 17.5 Å². The fraction of sp³-hybridized carbons (Fsp3) is 0.0769. The second kappa shape index (κ2) is 5.73. The molecule has 19 heavy (non-hydrogen) atoms. The van der Waals surface area contributed by atoms with Gasteiger partial charge in [-0.05, 0) is 36.4 Å². The molecule has 1 atom stereocenters. The Hall–Kier alpha value is -1.37. The van der Waals surface area contributed by atoms with Gasteiger partial charge in [0.05, 0.1) is 6.04 Å². The van der Waals surface area contributed by atoms with Gasteiger partial charge in [-0.25, -0.2) is 18.6 Å². The van der Waals surface area contributed by atoms with Crippen LogP contribution in [-0.2, 0) is 0 Å². The van der Waals surface area contributed by atoms with Crippen LogP contribution in [0.15, 0.2) is 40.9 Å². The molecular formula is C13H10BrF3N2. The number of nitrogens with one attached hydrogen (secondary N) is 1. The molecule has 0 aliphatic carbocycles. The van der Waals surface area contributed by atoms with Gasteiger partial charge in [-0.2, -0.15) is 0 Å². The summed E-state index contributed by atoms with van der Waals surface area (Å²) < 4.78 is 41.3. The lowest BCUT2D eigenvalue weighted by Crippen LogP contribution is -2.30. The topological polar surface area (TPSA) is 38.0 Å². The van der Waals surface area contributed by atoms with Gasteiger partial charge in [-0.3, -0.25) is 5.84 Å². The number of hydrazine groups is 1. The molecule has 0 bridgehead atoms. The smallest absolute Gasteiger partial charge is 0.128 e. The number of nitrogens with two attached hydrogens (primary N) is 1. The largest absolute Gasteiger partial charge is 0.271 e. The predicted molar refractivity (Wildman–Crippen MR) is 69.6 cm³/mol. The first-order valence-corrected chi connectivity index (χ1v) is 6.18. The minimum Gasteiger partial charge on any atom is -0.271 e. The van der Waals surface area contributed by atoms with E-state index >= 15 is 0 Å². The first-order chi connectivity index (χ1) is 9.02. The van der Waals surface area contributed by atoms with Crippen molar-refractivity contribution >= 4 is 15.9 Å². The lowest BCUT2D eigenvalue weighted by molar-refractivity contribution is 0.523. The minimum atomic E-state index is -0.979. The Morgan fingerprint density at radius 3 is 2.16 bits per heavy atom. The fourth-order valence-corrected chi connectivity index (χ4v) is 2.20. The van der Waals surface area contributed by atoms with Crippen molar-refractivity contribution in [3.8, 4) is 0 Å². The lowest BCUT2D eigenvalue weighted by atomic mass is 9.98. The van der Waals surface area contributed by atoms with Crippen molar-refractivity contribution in [3.63, 3.8) is 0 Å². The molecule has 3 N–H and O–H groups in total. The van der Waals surface area contributed by atoms with Crippen LogP contribution >= 0.6 is 15.9 Å². The SMILES string of the molecule is NNC(c1cc(F)ccc1F)c1cc(Br)ccc1F. The van der Waals surface area contributed by atoms with Crippen LogP contribution in [0, 0.1) is 17.5 Å². The van der Waals surface area contributed by atoms with E-state index in [9.17, 15) is 13.2 Å². The van der Waals surface area contributed by atoms with Crippen LogP contribution in [0.5, 0.6) is 0 Å². The number of hydrogen-bond acceptors (Lipinski definition) is 2. The van der Waals surface area contributed by atoms with Crippen molar-refractivity contribution in [2.45, 2.75) is 6.04 Å². The summed E-state index contributed by atoms with van der Waals surface area (Å²) in [5, 5.41) is 0. The average molecular weight is 331 g/mol. The highest BCUT2D eigenvalue weighted by Crippen LogP contribution is 2.28. The monoisotopic (exact) mass is 330 g/mol. The van der Waals surface area contributed by atoms with Crippen molar-refractivity contribution < 1.29 is 13.2 Å². The van der Waals surface area contributed by atoms with Gasteiger partial charge in [0.2, 0.25) is 0 Å². The van der Waals surface area contributed by atoms with Gasteiger partial charge >= 0.3 is 0 Å². The zero-order valence-corrected chi connectivity index (χ0v) is 11.2. The molecule has 0 amide bonds. The van der Waals surface area contributed by atoms with Crippen LogP contribution in [0.2, 0.25) is 0 Å². The molecular weight excluding hydrogens is 321 g/mol. The summed E-state index contributed by atoms with van der Waals surface area (Å²) in [5.74, 6) is 3.51. The van der Waals surface area contributed by atoms with Gasteiger partial charge < -0.3 is 0 Å². The van der Waals surface area contributed by atoms with Gasteiger partial charge in [0.15, 0.2) is 0 Å². The van der Waals surface area contributed by atoms with Crippen molar-refractivity contribution in [1.82, 2.24) is 5.43 Å². The van der Waals surface area contributed by atoms with Crippen LogP contribution in [0.25, 0.3) is 0 Å². The Kier molecular flexibility index (Phi) is 4.24. The van der Waals surface area contributed by atoms with Crippen molar-refractivity contribution in [2.24, 2.45) is 5.84 Å². The molecule has 0 aromatic heterocycles. The quantitative estimate of drug-likeness (QED) is 0.668. The van der Waals surface area contributed by atoms with Crippen molar-refractivity contribution in [1.29, 1.82) is 0 Å². The molecule has 1 unspecified atom stereocenters. The Bertz CT molecular complexity index is 553. The molecule has 2 nitrogen and oxygen atoms in total. The predicted octanol–water partition coefficient (Wildman–Crippen LogP) is 3.42. The van der Waals surface area contributed by atoms with Crippen molar-refractivity contribution in [2.75, 3.05) is 0 Å². The van der Waals surface area contributed by atoms with E-state index in [0.717, 1.165) is 18.2 Å². The maximum atomic E-state index is 13.8. The van der Waals surface area contributed by atoms with Crippen LogP contribution in [0.1, 0.15) is 17.2 Å². The third kappa shape index (κ3) is 2.97. The maximum Gasteiger partial charge on any atom is 0.128 e. The molecule has 2 rings (SSSR count). The Labute approximate surface area is 116 Å². The molecule has 0 aliphatic heterocycles. The van der Waals surface area contributed by atoms with Gasteiger partial charge in [-0.15, -0.1) is 0 Å². The molecule has 100 valence electrons. The highest BCUT2D eigenvalue weighted by atomic mass is 79.9. The second-order valence-corrected chi connectivity index (χ2v) is 4.85. The second-order valence-electron chi connectivity index (χ2n) is 3.93. The van der Waals surface area contributed by atoms with E-state index in [0.29, 0.717) is 4.47 Å². The normalized spacial score (nSPS) is 12.5. The summed E-state index contributed by atoms with van der Waals surface area (Å²) in [7, 11) is 0. The molecule has 0 aliphatic rings. The molecule has 2 aromatic carbocycles. The first kappa shape index (κ1) is 14.0. The van der Waals surface area contributed by atoms with Crippen LogP contribution in [0.4, 0.5) is 13.2 Å². The molecule has 0 saturated carbocycles. The summed E-state index contributed by atoms with van der Waals surface area (Å²) in [6.07, 6.45) is 0. The maximum absolute atomic E-state index is 13.8. The third-order valence-electron chi connectivity index (χ3n) is 2.70. The number of benzene rings is 2. The molecule has 2 aromatic rings. The summed E-state index contributed by atoms with van der Waals surface area (Å²) in [5.41, 5.74) is 2.37. The highest BCUT2D eigenvalue weighted by molar-refractivity contribution is 9.10. The lowest BCUT2D eigenvalue weighted by Gasteiger charge is -2.18. The van der Waals surface area contributed by atoms with E-state index in [-0.39, 0.29) is 11.1 Å². The van der Waals surface area contributed by atoms with E-state index in [4.69, 9.17) is 5.84 Å². The molecule has 0 saturated heterocycles. The standard InChI is InChI=1S/C13H10BrF3N2/c14-7-1-3-11(16)9(5-7)13(19-18)10-6-8(15)2-4-12(10)17/h1-6,13,19H,18H2. The van der Waals surface area contributed by atoms with E-state index in [1.807, 2.05) is 0 Å². The summed E-state index contributed by atoms with van der Waals surface area (Å²) in [4.78, 5) is 0. The van der Waals surface area contributed by atoms with Crippen LogP contribution in [0.3, 0.4) is 0 Å². The third-order valence-corrected chi connectivity index (χ3v) is 3.20. The Morgan fingerprint density at radius 1 is 0.947 bits per heavy atom. The average Bonchev–Trinajstić information content (AvgIpc) is 2.38. The van der Waals surface area contributed by atoms with Gasteiger partial charge in [0, 0.05) is 15.6 Å². The highest BCUT2D eigenvalue weighted by Gasteiger charge is 2.20. The van der Waals surface area contributed by atoms with E-state index in [2.05, 4.69) is 21.4 Å². The Balaban J connectivity index is 2.55. The number of hydrogen-bond donors (Lipinski definition) is 2. The zero-order chi connectivity index (χ0) is 14.0. The van der Waals surface area contributed by atoms with E-state index in [1.165, 1.54) is 18.2 Å². The van der Waals surface area contributed by atoms with Crippen molar-refractivity contribution in [3.05, 3.63) is 69.4 Å². The molecule has 0 radical (unpaired) electrons. The Morgan fingerprint density at radius 2 is 1.53 bits per heavy atom. The summed E-state index contributed by atoms with van der Waals surface area (Å²) in [6.45, 7) is 0. The summed E-state index contributed by atoms with van der Waals surface area (Å²) in [6, 6.07) is 6.17. The first-order valence-electron chi connectivity index (χ1n) is 5.39. The van der Waals surface area contributed by atoms with E-state index in [1.54, 1.807) is 0 Å². The number of halogens is 4. The number of rotatable bonds is 3. The van der Waals surface area contributed by atoms with Crippen LogP contribution in [-0.4, -0.2) is 0 Å². The fourth-order valence-electron chi connectivity index (χ4n) is 1.82. The molecule has 0 heterocycles. The molecule has 0 spiro atoms. The van der Waals surface area contributed by atoms with E-state index < -0.39 is 23.5 Å².